The molecule has 0 fully saturated rings. The molecule has 0 radical (unpaired) electrons. The molecule has 0 unspecified atom stereocenters. The Labute approximate surface area is 125 Å². The van der Waals surface area contributed by atoms with Crippen molar-refractivity contribution < 1.29 is 26.7 Å². The third-order valence-electron chi connectivity index (χ3n) is 3.06. The van der Waals surface area contributed by atoms with Gasteiger partial charge in [0.2, 0.25) is 0 Å². The Hall–Kier alpha value is -1.92. The van der Waals surface area contributed by atoms with Gasteiger partial charge in [-0.2, -0.15) is 22.0 Å². The lowest BCUT2D eigenvalue weighted by Gasteiger charge is -2.22. The van der Waals surface area contributed by atoms with Crippen LogP contribution in [0.1, 0.15) is 25.0 Å². The van der Waals surface area contributed by atoms with Gasteiger partial charge in [-0.15, -0.1) is 0 Å². The number of rotatable bonds is 5. The topological polar surface area (TPSA) is 20.3 Å². The van der Waals surface area contributed by atoms with Gasteiger partial charge in [-0.25, -0.2) is 0 Å². The number of hydrogen-bond donors (Lipinski definition) is 0. The average molecular weight is 321 g/mol. The van der Waals surface area contributed by atoms with Gasteiger partial charge in [0.1, 0.15) is 0 Å². The van der Waals surface area contributed by atoms with E-state index in [1.54, 1.807) is 13.8 Å². The van der Waals surface area contributed by atoms with Crippen molar-refractivity contribution in [2.75, 3.05) is 13.1 Å². The predicted molar refractivity (Wildman–Crippen MR) is 73.4 cm³/mol. The number of carbonyl (C=O) groups is 1. The minimum Gasteiger partial charge on any atom is -0.338 e. The molecule has 0 saturated carbocycles. The highest BCUT2D eigenvalue weighted by Gasteiger charge is 2.38. The first-order valence-electron chi connectivity index (χ1n) is 6.65. The Morgan fingerprint density at radius 3 is 1.95 bits per heavy atom. The smallest absolute Gasteiger partial charge is 0.338 e. The van der Waals surface area contributed by atoms with Gasteiger partial charge in [0, 0.05) is 13.1 Å². The fourth-order valence-electron chi connectivity index (χ4n) is 1.78. The van der Waals surface area contributed by atoms with Crippen LogP contribution in [-0.2, 0) is 11.0 Å². The molecule has 1 rings (SSSR count). The first kappa shape index (κ1) is 18.1. The lowest BCUT2D eigenvalue weighted by Crippen LogP contribution is -2.42. The number of hydrogen-bond acceptors (Lipinski definition) is 1. The van der Waals surface area contributed by atoms with Gasteiger partial charge >= 0.3 is 12.1 Å². The Kier molecular flexibility index (Phi) is 5.68. The van der Waals surface area contributed by atoms with E-state index in [2.05, 4.69) is 0 Å². The maximum Gasteiger partial charge on any atom is 0.416 e. The molecule has 1 amide bonds. The summed E-state index contributed by atoms with van der Waals surface area (Å²) in [5.41, 5.74) is -0.712. The summed E-state index contributed by atoms with van der Waals surface area (Å²) in [7, 11) is 0. The first-order valence-corrected chi connectivity index (χ1v) is 6.65. The second-order valence-corrected chi connectivity index (χ2v) is 4.55. The van der Waals surface area contributed by atoms with E-state index in [0.29, 0.717) is 6.08 Å². The maximum atomic E-state index is 13.7. The van der Waals surface area contributed by atoms with Crippen molar-refractivity contribution in [3.05, 3.63) is 41.5 Å². The summed E-state index contributed by atoms with van der Waals surface area (Å²) in [5, 5.41) is 0. The van der Waals surface area contributed by atoms with E-state index < -0.39 is 23.6 Å². The minimum atomic E-state index is -4.48. The van der Waals surface area contributed by atoms with Crippen LogP contribution >= 0.6 is 0 Å². The highest BCUT2D eigenvalue weighted by molar-refractivity contribution is 5.86. The highest BCUT2D eigenvalue weighted by atomic mass is 19.4. The van der Waals surface area contributed by atoms with Gasteiger partial charge in [0.15, 0.2) is 0 Å². The monoisotopic (exact) mass is 321 g/mol. The molecule has 0 atom stereocenters. The van der Waals surface area contributed by atoms with E-state index in [1.807, 2.05) is 0 Å². The van der Waals surface area contributed by atoms with Gasteiger partial charge < -0.3 is 4.90 Å². The van der Waals surface area contributed by atoms with E-state index in [9.17, 15) is 26.7 Å². The molecule has 0 aliphatic heterocycles. The molecular formula is C15H16F5NO. The van der Waals surface area contributed by atoms with Gasteiger partial charge in [-0.3, -0.25) is 4.79 Å². The zero-order chi connectivity index (χ0) is 17.0. The summed E-state index contributed by atoms with van der Waals surface area (Å²) < 4.78 is 64.6. The Bertz CT molecular complexity index is 530. The van der Waals surface area contributed by atoms with Crippen LogP contribution in [0.4, 0.5) is 22.0 Å². The summed E-state index contributed by atoms with van der Waals surface area (Å²) in [6.07, 6.45) is -3.15. The first-order chi connectivity index (χ1) is 10.1. The molecule has 22 heavy (non-hydrogen) atoms. The van der Waals surface area contributed by atoms with Crippen molar-refractivity contribution in [1.29, 1.82) is 0 Å². The molecule has 1 aromatic rings. The van der Waals surface area contributed by atoms with E-state index in [1.165, 1.54) is 0 Å². The molecule has 0 saturated heterocycles. The Morgan fingerprint density at radius 2 is 1.55 bits per heavy atom. The lowest BCUT2D eigenvalue weighted by atomic mass is 10.1. The number of carbonyl (C=O) groups excluding carboxylic acids is 1. The molecular weight excluding hydrogens is 305 g/mol. The van der Waals surface area contributed by atoms with Crippen molar-refractivity contribution in [3.63, 3.8) is 0 Å². The van der Waals surface area contributed by atoms with Crippen molar-refractivity contribution in [2.45, 2.75) is 25.9 Å². The van der Waals surface area contributed by atoms with E-state index >= 15 is 0 Å². The van der Waals surface area contributed by atoms with Crippen LogP contribution in [0.15, 0.2) is 30.3 Å². The summed E-state index contributed by atoms with van der Waals surface area (Å²) in [6, 6.07) is 3.72. The lowest BCUT2D eigenvalue weighted by molar-refractivity contribution is -0.150. The fraction of sp³-hybridized carbons (Fsp3) is 0.400. The van der Waals surface area contributed by atoms with Crippen LogP contribution in [0.2, 0.25) is 0 Å². The van der Waals surface area contributed by atoms with E-state index in [4.69, 9.17) is 0 Å². The predicted octanol–water partition coefficient (Wildman–Crippen LogP) is 4.22. The van der Waals surface area contributed by atoms with E-state index in [-0.39, 0.29) is 18.7 Å². The van der Waals surface area contributed by atoms with Crippen LogP contribution in [0, 0.1) is 0 Å². The molecule has 0 heterocycles. The summed E-state index contributed by atoms with van der Waals surface area (Å²) in [6.45, 7) is 3.46. The normalized spacial score (nSPS) is 12.7. The highest BCUT2D eigenvalue weighted by Crippen LogP contribution is 2.29. The zero-order valence-corrected chi connectivity index (χ0v) is 12.1. The maximum absolute atomic E-state index is 13.7. The van der Waals surface area contributed by atoms with Crippen molar-refractivity contribution in [1.82, 2.24) is 4.90 Å². The number of benzene rings is 1. The van der Waals surface area contributed by atoms with E-state index in [0.717, 1.165) is 35.2 Å². The minimum absolute atomic E-state index is 0.152. The fourth-order valence-corrected chi connectivity index (χ4v) is 1.78. The van der Waals surface area contributed by atoms with Crippen LogP contribution in [0.25, 0.3) is 6.08 Å². The Balaban J connectivity index is 2.89. The van der Waals surface area contributed by atoms with Crippen LogP contribution in [0.5, 0.6) is 0 Å². The molecule has 122 valence electrons. The number of nitrogens with zero attached hydrogens (tertiary/aromatic N) is 1. The second-order valence-electron chi connectivity index (χ2n) is 4.55. The summed E-state index contributed by atoms with van der Waals surface area (Å²) in [5.74, 6) is -5.03. The van der Waals surface area contributed by atoms with Crippen LogP contribution in [-0.4, -0.2) is 29.8 Å². The Morgan fingerprint density at radius 1 is 1.05 bits per heavy atom. The van der Waals surface area contributed by atoms with Gasteiger partial charge in [-0.1, -0.05) is 18.2 Å². The second kappa shape index (κ2) is 6.89. The largest absolute Gasteiger partial charge is 0.416 e. The molecule has 1 aromatic carbocycles. The molecule has 0 spiro atoms. The van der Waals surface area contributed by atoms with Crippen molar-refractivity contribution >= 4 is 12.0 Å². The summed E-state index contributed by atoms with van der Waals surface area (Å²) >= 11 is 0. The zero-order valence-electron chi connectivity index (χ0n) is 12.1. The number of alkyl halides is 5. The molecule has 0 aromatic heterocycles. The SMILES string of the molecule is CCN(CC)C(=O)C(F)(F)/C=C/c1ccc(C(F)(F)F)cc1. The van der Waals surface area contributed by atoms with Crippen LogP contribution < -0.4 is 0 Å². The number of amides is 1. The molecule has 0 bridgehead atoms. The summed E-state index contributed by atoms with van der Waals surface area (Å²) in [4.78, 5) is 12.6. The van der Waals surface area contributed by atoms with Crippen molar-refractivity contribution in [2.24, 2.45) is 0 Å². The molecule has 2 nitrogen and oxygen atoms in total. The van der Waals surface area contributed by atoms with Gasteiger partial charge in [0.05, 0.1) is 5.56 Å². The standard InChI is InChI=1S/C15H16F5NO/c1-3-21(4-2)13(22)14(16,17)10-9-11-5-7-12(8-6-11)15(18,19)20/h5-10H,3-4H2,1-2H3/b10-9+. The van der Waals surface area contributed by atoms with Crippen molar-refractivity contribution in [3.8, 4) is 0 Å². The third kappa shape index (κ3) is 4.54. The average Bonchev–Trinajstić information content (AvgIpc) is 2.46. The number of halogens is 5. The quantitative estimate of drug-likeness (QED) is 0.744. The molecule has 0 aliphatic carbocycles. The third-order valence-corrected chi connectivity index (χ3v) is 3.06. The van der Waals surface area contributed by atoms with Crippen LogP contribution in [0.3, 0.4) is 0 Å². The molecule has 0 N–H and O–H groups in total. The molecule has 7 heteroatoms. The van der Waals surface area contributed by atoms with Gasteiger partial charge in [-0.05, 0) is 37.6 Å². The molecule has 0 aliphatic rings. The van der Waals surface area contributed by atoms with Gasteiger partial charge in [0.25, 0.3) is 5.91 Å².